The van der Waals surface area contributed by atoms with Crippen LogP contribution < -0.4 is 10.2 Å². The van der Waals surface area contributed by atoms with Crippen molar-refractivity contribution >= 4 is 11.7 Å². The monoisotopic (exact) mass is 357 g/mol. The molecule has 1 fully saturated rings. The summed E-state index contributed by atoms with van der Waals surface area (Å²) in [4.78, 5) is 26.1. The lowest BCUT2D eigenvalue weighted by Gasteiger charge is -2.34. The van der Waals surface area contributed by atoms with Crippen molar-refractivity contribution in [3.8, 4) is 0 Å². The van der Waals surface area contributed by atoms with E-state index in [9.17, 15) is 4.79 Å². The van der Waals surface area contributed by atoms with E-state index in [0.29, 0.717) is 18.1 Å². The van der Waals surface area contributed by atoms with E-state index < -0.39 is 0 Å². The molecule has 0 atom stereocenters. The maximum atomic E-state index is 12.5. The van der Waals surface area contributed by atoms with Crippen molar-refractivity contribution in [2.24, 2.45) is 0 Å². The van der Waals surface area contributed by atoms with E-state index in [1.54, 1.807) is 0 Å². The van der Waals surface area contributed by atoms with Crippen LogP contribution in [0.25, 0.3) is 0 Å². The van der Waals surface area contributed by atoms with Gasteiger partial charge in [-0.3, -0.25) is 4.79 Å². The molecular weight excluding hydrogens is 326 g/mol. The number of aromatic nitrogens is 2. The fraction of sp³-hybridized carbons (Fsp3) is 0.650. The molecule has 6 heteroatoms. The van der Waals surface area contributed by atoms with E-state index in [1.165, 1.54) is 31.3 Å². The number of allylic oxidation sites excluding steroid dienone is 1. The summed E-state index contributed by atoms with van der Waals surface area (Å²) >= 11 is 0. The van der Waals surface area contributed by atoms with Crippen molar-refractivity contribution in [1.82, 2.24) is 20.2 Å². The maximum absolute atomic E-state index is 12.5. The predicted octanol–water partition coefficient (Wildman–Crippen LogP) is 2.55. The van der Waals surface area contributed by atoms with Crippen LogP contribution in [0, 0.1) is 6.92 Å². The van der Waals surface area contributed by atoms with E-state index >= 15 is 0 Å². The molecule has 2 aliphatic rings. The number of anilines is 1. The molecule has 1 aliphatic heterocycles. The molecule has 0 unspecified atom stereocenters. The molecule has 0 saturated carbocycles. The van der Waals surface area contributed by atoms with Gasteiger partial charge in [-0.25, -0.2) is 9.97 Å². The Morgan fingerprint density at radius 1 is 1.19 bits per heavy atom. The SMILES string of the molecule is CCN1CCN(c2cc(C(=O)NCCC3=CCCCC3)nc(C)n2)CC1. The average molecular weight is 358 g/mol. The molecule has 1 amide bonds. The van der Waals surface area contributed by atoms with Crippen molar-refractivity contribution in [2.75, 3.05) is 44.2 Å². The molecule has 1 N–H and O–H groups in total. The van der Waals surface area contributed by atoms with E-state index in [1.807, 2.05) is 13.0 Å². The van der Waals surface area contributed by atoms with Gasteiger partial charge in [-0.05, 0) is 45.6 Å². The van der Waals surface area contributed by atoms with Crippen molar-refractivity contribution in [1.29, 1.82) is 0 Å². The van der Waals surface area contributed by atoms with Crippen LogP contribution in [0.3, 0.4) is 0 Å². The number of carbonyl (C=O) groups is 1. The molecule has 1 aromatic rings. The van der Waals surface area contributed by atoms with Crippen LogP contribution in [0.4, 0.5) is 5.82 Å². The second-order valence-corrected chi connectivity index (χ2v) is 7.19. The number of nitrogens with zero attached hydrogens (tertiary/aromatic N) is 4. The first kappa shape index (κ1) is 18.8. The second kappa shape index (κ2) is 9.12. The van der Waals surface area contributed by atoms with Crippen molar-refractivity contribution in [2.45, 2.75) is 46.0 Å². The highest BCUT2D eigenvalue weighted by atomic mass is 16.1. The minimum absolute atomic E-state index is 0.0969. The summed E-state index contributed by atoms with van der Waals surface area (Å²) < 4.78 is 0. The molecule has 6 nitrogen and oxygen atoms in total. The Morgan fingerprint density at radius 3 is 2.69 bits per heavy atom. The molecule has 1 aromatic heterocycles. The van der Waals surface area contributed by atoms with Gasteiger partial charge >= 0.3 is 0 Å². The fourth-order valence-electron chi connectivity index (χ4n) is 3.68. The van der Waals surface area contributed by atoms with Crippen LogP contribution in [0.2, 0.25) is 0 Å². The van der Waals surface area contributed by atoms with Gasteiger partial charge in [0.1, 0.15) is 17.3 Å². The largest absolute Gasteiger partial charge is 0.354 e. The Hall–Kier alpha value is -1.95. The number of aryl methyl sites for hydroxylation is 1. The minimum atomic E-state index is -0.0969. The third-order valence-electron chi connectivity index (χ3n) is 5.32. The molecule has 0 aromatic carbocycles. The van der Waals surface area contributed by atoms with Crippen LogP contribution >= 0.6 is 0 Å². The maximum Gasteiger partial charge on any atom is 0.270 e. The predicted molar refractivity (Wildman–Crippen MR) is 105 cm³/mol. The summed E-state index contributed by atoms with van der Waals surface area (Å²) in [6.07, 6.45) is 8.21. The van der Waals surface area contributed by atoms with Crippen molar-refractivity contribution in [3.63, 3.8) is 0 Å². The number of piperazine rings is 1. The van der Waals surface area contributed by atoms with Crippen LogP contribution in [0.1, 0.15) is 55.3 Å². The van der Waals surface area contributed by atoms with Gasteiger partial charge in [0.25, 0.3) is 5.91 Å². The van der Waals surface area contributed by atoms with E-state index in [4.69, 9.17) is 0 Å². The van der Waals surface area contributed by atoms with E-state index in [2.05, 4.69) is 38.1 Å². The van der Waals surface area contributed by atoms with Gasteiger partial charge in [0.15, 0.2) is 0 Å². The summed E-state index contributed by atoms with van der Waals surface area (Å²) in [6.45, 7) is 9.77. The van der Waals surface area contributed by atoms with E-state index in [0.717, 1.165) is 45.0 Å². The summed E-state index contributed by atoms with van der Waals surface area (Å²) in [5.74, 6) is 1.43. The number of rotatable bonds is 6. The Kier molecular flexibility index (Phi) is 6.61. The van der Waals surface area contributed by atoms with Crippen LogP contribution in [-0.4, -0.2) is 60.0 Å². The average Bonchev–Trinajstić information content (AvgIpc) is 2.68. The van der Waals surface area contributed by atoms with Gasteiger partial charge in [-0.1, -0.05) is 18.6 Å². The number of amides is 1. The summed E-state index contributed by atoms with van der Waals surface area (Å²) in [5, 5.41) is 3.02. The van der Waals surface area contributed by atoms with Crippen molar-refractivity contribution in [3.05, 3.63) is 29.2 Å². The normalized spacial score (nSPS) is 18.5. The fourth-order valence-corrected chi connectivity index (χ4v) is 3.68. The third kappa shape index (κ3) is 5.04. The smallest absolute Gasteiger partial charge is 0.270 e. The Bertz CT molecular complexity index is 650. The number of carbonyl (C=O) groups excluding carboxylic acids is 1. The third-order valence-corrected chi connectivity index (χ3v) is 5.32. The van der Waals surface area contributed by atoms with Gasteiger partial charge in [0, 0.05) is 38.8 Å². The summed E-state index contributed by atoms with van der Waals surface area (Å²) in [5.41, 5.74) is 1.95. The van der Waals surface area contributed by atoms with Crippen LogP contribution in [-0.2, 0) is 0 Å². The number of likely N-dealkylation sites (N-methyl/N-ethyl adjacent to an activating group) is 1. The Balaban J connectivity index is 1.58. The molecule has 1 saturated heterocycles. The van der Waals surface area contributed by atoms with Gasteiger partial charge in [-0.15, -0.1) is 0 Å². The molecule has 2 heterocycles. The summed E-state index contributed by atoms with van der Waals surface area (Å²) in [7, 11) is 0. The molecule has 26 heavy (non-hydrogen) atoms. The second-order valence-electron chi connectivity index (χ2n) is 7.19. The first-order valence-electron chi connectivity index (χ1n) is 9.95. The zero-order valence-corrected chi connectivity index (χ0v) is 16.1. The highest BCUT2D eigenvalue weighted by molar-refractivity contribution is 5.92. The Morgan fingerprint density at radius 2 is 2.00 bits per heavy atom. The molecular formula is C20H31N5O. The lowest BCUT2D eigenvalue weighted by Crippen LogP contribution is -2.46. The molecule has 1 aliphatic carbocycles. The number of hydrogen-bond donors (Lipinski definition) is 1. The zero-order chi connectivity index (χ0) is 18.4. The first-order valence-corrected chi connectivity index (χ1v) is 9.95. The molecule has 0 spiro atoms. The van der Waals surface area contributed by atoms with Gasteiger partial charge in [0.2, 0.25) is 0 Å². The molecule has 3 rings (SSSR count). The van der Waals surface area contributed by atoms with Gasteiger partial charge < -0.3 is 15.1 Å². The molecule has 0 radical (unpaired) electrons. The van der Waals surface area contributed by atoms with Crippen molar-refractivity contribution < 1.29 is 4.79 Å². The van der Waals surface area contributed by atoms with Gasteiger partial charge in [-0.2, -0.15) is 0 Å². The lowest BCUT2D eigenvalue weighted by molar-refractivity contribution is 0.0948. The highest BCUT2D eigenvalue weighted by Gasteiger charge is 2.19. The number of hydrogen-bond acceptors (Lipinski definition) is 5. The lowest BCUT2D eigenvalue weighted by atomic mass is 9.97. The summed E-state index contributed by atoms with van der Waals surface area (Å²) in [6, 6.07) is 1.84. The first-order chi connectivity index (χ1) is 12.7. The van der Waals surface area contributed by atoms with Crippen LogP contribution in [0.5, 0.6) is 0 Å². The van der Waals surface area contributed by atoms with E-state index in [-0.39, 0.29) is 5.91 Å². The highest BCUT2D eigenvalue weighted by Crippen LogP contribution is 2.19. The Labute approximate surface area is 156 Å². The molecule has 142 valence electrons. The number of nitrogens with one attached hydrogen (secondary N) is 1. The van der Waals surface area contributed by atoms with Crippen LogP contribution in [0.15, 0.2) is 17.7 Å². The quantitative estimate of drug-likeness (QED) is 0.793. The minimum Gasteiger partial charge on any atom is -0.354 e. The standard InChI is InChI=1S/C20H31N5O/c1-3-24-11-13-25(14-12-24)19-15-18(22-16(2)23-19)20(26)21-10-9-17-7-5-4-6-8-17/h7,15H,3-6,8-14H2,1-2H3,(H,21,26). The van der Waals surface area contributed by atoms with Gasteiger partial charge in [0.05, 0.1) is 0 Å². The molecule has 0 bridgehead atoms. The topological polar surface area (TPSA) is 61.4 Å². The zero-order valence-electron chi connectivity index (χ0n) is 16.1.